The molecule has 0 bridgehead atoms. The van der Waals surface area contributed by atoms with Gasteiger partial charge in [-0.3, -0.25) is 4.79 Å². The average molecular weight is 494 g/mol. The molecular weight excluding hydrogens is 466 g/mol. The summed E-state index contributed by atoms with van der Waals surface area (Å²) in [5.41, 5.74) is 4.38. The molecule has 1 heterocycles. The van der Waals surface area contributed by atoms with Crippen LogP contribution < -0.4 is 14.9 Å². The molecule has 0 aliphatic carbocycles. The van der Waals surface area contributed by atoms with Gasteiger partial charge in [0.15, 0.2) is 11.5 Å². The smallest absolute Gasteiger partial charge is 0.271 e. The maximum absolute atomic E-state index is 12.8. The Bertz CT molecular complexity index is 1300. The maximum atomic E-state index is 12.8. The van der Waals surface area contributed by atoms with Gasteiger partial charge in [-0.1, -0.05) is 36.4 Å². The van der Waals surface area contributed by atoms with Gasteiger partial charge in [-0.25, -0.2) is 13.8 Å². The van der Waals surface area contributed by atoms with Crippen LogP contribution in [0.25, 0.3) is 0 Å². The fraction of sp³-hybridized carbons (Fsp3) is 0.231. The number of rotatable bonds is 9. The Labute approximate surface area is 205 Å². The maximum Gasteiger partial charge on any atom is 0.271 e. The Morgan fingerprint density at radius 2 is 1.77 bits per heavy atom. The van der Waals surface area contributed by atoms with Crippen LogP contribution in [0, 0.1) is 0 Å². The van der Waals surface area contributed by atoms with Gasteiger partial charge in [0.2, 0.25) is 10.0 Å². The van der Waals surface area contributed by atoms with Gasteiger partial charge in [0, 0.05) is 18.7 Å². The molecular formula is C26H27N3O5S. The molecule has 1 amide bonds. The van der Waals surface area contributed by atoms with Crippen molar-refractivity contribution in [2.75, 3.05) is 20.2 Å². The normalized spacial score (nSPS) is 14.2. The zero-order valence-electron chi connectivity index (χ0n) is 19.4. The molecule has 3 aromatic rings. The standard InChI is InChI=1S/C26H27N3O5S/c1-33-24-13-12-21(16-25(24)34-19-20-8-3-2-4-9-20)18-27-28-26(30)22-10-7-11-23(17-22)35(31,32)29-14-5-6-15-29/h2-4,7-13,16-18H,5-6,14-15,19H2,1H3,(H,28,30). The molecule has 3 aromatic carbocycles. The van der Waals surface area contributed by atoms with E-state index in [1.165, 1.54) is 22.7 Å². The predicted molar refractivity (Wildman–Crippen MR) is 133 cm³/mol. The van der Waals surface area contributed by atoms with E-state index >= 15 is 0 Å². The number of hydrogen-bond donors (Lipinski definition) is 1. The summed E-state index contributed by atoms with van der Waals surface area (Å²) in [5.74, 6) is 0.623. The lowest BCUT2D eigenvalue weighted by atomic mass is 10.2. The summed E-state index contributed by atoms with van der Waals surface area (Å²) in [4.78, 5) is 12.7. The molecule has 182 valence electrons. The van der Waals surface area contributed by atoms with Gasteiger partial charge in [-0.05, 0) is 60.4 Å². The van der Waals surface area contributed by atoms with Gasteiger partial charge in [0.05, 0.1) is 18.2 Å². The zero-order chi connectivity index (χ0) is 24.7. The summed E-state index contributed by atoms with van der Waals surface area (Å²) in [5, 5.41) is 4.02. The number of hydrazone groups is 1. The third-order valence-electron chi connectivity index (χ3n) is 5.60. The van der Waals surface area contributed by atoms with Crippen molar-refractivity contribution in [2.45, 2.75) is 24.3 Å². The molecule has 0 atom stereocenters. The number of benzene rings is 3. The van der Waals surface area contributed by atoms with Crippen molar-refractivity contribution < 1.29 is 22.7 Å². The van der Waals surface area contributed by atoms with E-state index in [-0.39, 0.29) is 10.5 Å². The van der Waals surface area contributed by atoms with Crippen molar-refractivity contribution >= 4 is 22.1 Å². The highest BCUT2D eigenvalue weighted by atomic mass is 32.2. The fourth-order valence-electron chi connectivity index (χ4n) is 3.73. The second kappa shape index (κ2) is 11.2. The van der Waals surface area contributed by atoms with Crippen LogP contribution in [0.2, 0.25) is 0 Å². The Balaban J connectivity index is 1.42. The van der Waals surface area contributed by atoms with Crippen molar-refractivity contribution in [3.8, 4) is 11.5 Å². The number of carbonyl (C=O) groups excluding carboxylic acids is 1. The van der Waals surface area contributed by atoms with Gasteiger partial charge < -0.3 is 9.47 Å². The average Bonchev–Trinajstić information content (AvgIpc) is 3.44. The Hall–Kier alpha value is -3.69. The van der Waals surface area contributed by atoms with Crippen LogP contribution in [-0.2, 0) is 16.6 Å². The third-order valence-corrected chi connectivity index (χ3v) is 7.50. The third kappa shape index (κ3) is 6.06. The number of hydrogen-bond acceptors (Lipinski definition) is 6. The largest absolute Gasteiger partial charge is 0.493 e. The SMILES string of the molecule is COc1ccc(C=NNC(=O)c2cccc(S(=O)(=O)N3CCCC3)c2)cc1OCc1ccccc1. The van der Waals surface area contributed by atoms with E-state index in [1.807, 2.05) is 30.3 Å². The van der Waals surface area contributed by atoms with Crippen molar-refractivity contribution in [3.05, 3.63) is 89.5 Å². The zero-order valence-corrected chi connectivity index (χ0v) is 20.2. The van der Waals surface area contributed by atoms with E-state index in [2.05, 4.69) is 10.5 Å². The fourth-order valence-corrected chi connectivity index (χ4v) is 5.29. The number of ether oxygens (including phenoxy) is 2. The van der Waals surface area contributed by atoms with Gasteiger partial charge >= 0.3 is 0 Å². The van der Waals surface area contributed by atoms with Crippen LogP contribution in [0.3, 0.4) is 0 Å². The summed E-state index contributed by atoms with van der Waals surface area (Å²) >= 11 is 0. The van der Waals surface area contributed by atoms with Crippen molar-refractivity contribution in [1.82, 2.24) is 9.73 Å². The first-order valence-electron chi connectivity index (χ1n) is 11.3. The van der Waals surface area contributed by atoms with Crippen molar-refractivity contribution in [2.24, 2.45) is 5.10 Å². The van der Waals surface area contributed by atoms with Crippen LogP contribution in [0.5, 0.6) is 11.5 Å². The van der Waals surface area contributed by atoms with Crippen LogP contribution in [0.1, 0.15) is 34.3 Å². The van der Waals surface area contributed by atoms with Gasteiger partial charge in [0.1, 0.15) is 6.61 Å². The van der Waals surface area contributed by atoms with Crippen molar-refractivity contribution in [1.29, 1.82) is 0 Å². The molecule has 9 heteroatoms. The Morgan fingerprint density at radius 3 is 2.51 bits per heavy atom. The van der Waals surface area contributed by atoms with E-state index in [0.717, 1.165) is 18.4 Å². The molecule has 8 nitrogen and oxygen atoms in total. The lowest BCUT2D eigenvalue weighted by Crippen LogP contribution is -2.28. The summed E-state index contributed by atoms with van der Waals surface area (Å²) in [7, 11) is -2.04. The van der Waals surface area contributed by atoms with Crippen molar-refractivity contribution in [3.63, 3.8) is 0 Å². The van der Waals surface area contributed by atoms with Crippen LogP contribution in [0.15, 0.2) is 82.8 Å². The van der Waals surface area contributed by atoms with E-state index in [1.54, 1.807) is 37.4 Å². The van der Waals surface area contributed by atoms with E-state index in [4.69, 9.17) is 9.47 Å². The second-order valence-electron chi connectivity index (χ2n) is 8.02. The predicted octanol–water partition coefficient (Wildman–Crippen LogP) is 3.82. The van der Waals surface area contributed by atoms with Gasteiger partial charge in [-0.15, -0.1) is 0 Å². The summed E-state index contributed by atoms with van der Waals surface area (Å²) in [6, 6.07) is 21.1. The highest BCUT2D eigenvalue weighted by Crippen LogP contribution is 2.28. The highest BCUT2D eigenvalue weighted by Gasteiger charge is 2.27. The monoisotopic (exact) mass is 493 g/mol. The molecule has 0 aromatic heterocycles. The highest BCUT2D eigenvalue weighted by molar-refractivity contribution is 7.89. The molecule has 35 heavy (non-hydrogen) atoms. The number of amides is 1. The van der Waals surface area contributed by atoms with Crippen LogP contribution in [-0.4, -0.2) is 45.0 Å². The van der Waals surface area contributed by atoms with Gasteiger partial charge in [-0.2, -0.15) is 9.41 Å². The first-order valence-corrected chi connectivity index (χ1v) is 12.7. The molecule has 1 N–H and O–H groups in total. The molecule has 1 aliphatic heterocycles. The first kappa shape index (κ1) is 24.4. The lowest BCUT2D eigenvalue weighted by Gasteiger charge is -2.15. The van der Waals surface area contributed by atoms with E-state index < -0.39 is 15.9 Å². The number of methoxy groups -OCH3 is 1. The molecule has 0 saturated carbocycles. The quantitative estimate of drug-likeness (QED) is 0.361. The molecule has 4 rings (SSSR count). The molecule has 1 saturated heterocycles. The molecule has 0 radical (unpaired) electrons. The molecule has 1 fully saturated rings. The molecule has 1 aliphatic rings. The second-order valence-corrected chi connectivity index (χ2v) is 9.96. The Morgan fingerprint density at radius 1 is 1.00 bits per heavy atom. The van der Waals surface area contributed by atoms with Crippen LogP contribution >= 0.6 is 0 Å². The number of sulfonamides is 1. The number of nitrogens with one attached hydrogen (secondary N) is 1. The minimum Gasteiger partial charge on any atom is -0.493 e. The Kier molecular flexibility index (Phi) is 7.79. The lowest BCUT2D eigenvalue weighted by molar-refractivity contribution is 0.0955. The minimum absolute atomic E-state index is 0.103. The summed E-state index contributed by atoms with van der Waals surface area (Å²) < 4.78 is 38.3. The number of carbonyl (C=O) groups is 1. The minimum atomic E-state index is -3.61. The summed E-state index contributed by atoms with van der Waals surface area (Å²) in [6.45, 7) is 1.38. The first-order chi connectivity index (χ1) is 17.0. The molecule has 0 spiro atoms. The van der Waals surface area contributed by atoms with Crippen LogP contribution in [0.4, 0.5) is 0 Å². The topological polar surface area (TPSA) is 97.3 Å². The van der Waals surface area contributed by atoms with Gasteiger partial charge in [0.25, 0.3) is 5.91 Å². The summed E-state index contributed by atoms with van der Waals surface area (Å²) in [6.07, 6.45) is 3.18. The van der Waals surface area contributed by atoms with E-state index in [9.17, 15) is 13.2 Å². The van der Waals surface area contributed by atoms with E-state index in [0.29, 0.717) is 36.8 Å². The molecule has 0 unspecified atom stereocenters. The number of nitrogens with zero attached hydrogens (tertiary/aromatic N) is 2.